The number of methoxy groups -OCH3 is 1. The van der Waals surface area contributed by atoms with Crippen LogP contribution in [-0.4, -0.2) is 72.1 Å². The highest BCUT2D eigenvalue weighted by molar-refractivity contribution is 6.31. The Labute approximate surface area is 240 Å². The number of carbonyl (C=O) groups is 2. The molecule has 1 fully saturated rings. The number of anilines is 1. The lowest BCUT2D eigenvalue weighted by Gasteiger charge is -2.39. The van der Waals surface area contributed by atoms with Gasteiger partial charge in [-0.05, 0) is 47.9 Å². The van der Waals surface area contributed by atoms with Crippen LogP contribution in [0, 0.1) is 0 Å². The van der Waals surface area contributed by atoms with Crippen LogP contribution in [0.25, 0.3) is 11.1 Å². The Morgan fingerprint density at radius 3 is 2.59 bits per heavy atom. The second kappa shape index (κ2) is 12.8. The van der Waals surface area contributed by atoms with Crippen molar-refractivity contribution in [2.24, 2.45) is 7.05 Å². The van der Waals surface area contributed by atoms with E-state index >= 15 is 0 Å². The van der Waals surface area contributed by atoms with E-state index in [4.69, 9.17) is 21.1 Å². The Kier molecular flexibility index (Phi) is 9.36. The van der Waals surface area contributed by atoms with Crippen molar-refractivity contribution >= 4 is 29.2 Å². The third-order valence-corrected chi connectivity index (χ3v) is 6.52. The van der Waals surface area contributed by atoms with Crippen LogP contribution < -0.4 is 20.9 Å². The van der Waals surface area contributed by atoms with E-state index in [0.29, 0.717) is 36.4 Å². The lowest BCUT2D eigenvalue weighted by Crippen LogP contribution is -2.58. The molecule has 0 saturated carbocycles. The number of ether oxygens (including phenoxy) is 2. The lowest BCUT2D eigenvalue weighted by atomic mass is 9.97. The predicted octanol–water partition coefficient (Wildman–Crippen LogP) is 3.58. The number of hydrogen-bond donors (Lipinski definition) is 2. The van der Waals surface area contributed by atoms with Gasteiger partial charge in [-0.2, -0.15) is 4.98 Å². The molecule has 3 aromatic rings. The first kappa shape index (κ1) is 30.1. The van der Waals surface area contributed by atoms with Crippen molar-refractivity contribution in [2.75, 3.05) is 45.3 Å². The van der Waals surface area contributed by atoms with E-state index in [-0.39, 0.29) is 34.5 Å². The smallest absolute Gasteiger partial charge is 0.282 e. The lowest BCUT2D eigenvalue weighted by molar-refractivity contribution is -0.113. The first-order valence-corrected chi connectivity index (χ1v) is 13.2. The first-order valence-electron chi connectivity index (χ1n) is 12.8. The zero-order valence-corrected chi connectivity index (χ0v) is 23.6. The molecule has 1 saturated heterocycles. The maximum absolute atomic E-state index is 13.5. The number of likely N-dealkylation sites (tertiary alicyclic amines) is 1. The molecule has 0 radical (unpaired) electrons. The summed E-state index contributed by atoms with van der Waals surface area (Å²) in [6.45, 7) is 2.16. The van der Waals surface area contributed by atoms with Crippen LogP contribution >= 0.6 is 11.6 Å². The average molecular weight is 590 g/mol. The summed E-state index contributed by atoms with van der Waals surface area (Å²) in [6.07, 6.45) is 1.64. The van der Waals surface area contributed by atoms with Crippen molar-refractivity contribution in [3.05, 3.63) is 74.7 Å². The average Bonchev–Trinajstić information content (AvgIpc) is 2.91. The second-order valence-electron chi connectivity index (χ2n) is 9.52. The van der Waals surface area contributed by atoms with Crippen LogP contribution in [0.2, 0.25) is 5.02 Å². The van der Waals surface area contributed by atoms with Crippen molar-refractivity contribution in [2.45, 2.75) is 19.4 Å². The fraction of sp³-hybridized carbons (Fsp3) is 0.357. The van der Waals surface area contributed by atoms with Gasteiger partial charge >= 0.3 is 0 Å². The molecule has 41 heavy (non-hydrogen) atoms. The van der Waals surface area contributed by atoms with Crippen LogP contribution in [0.5, 0.6) is 5.88 Å². The van der Waals surface area contributed by atoms with Gasteiger partial charge in [-0.1, -0.05) is 17.7 Å². The topological polar surface area (TPSA) is 115 Å². The van der Waals surface area contributed by atoms with Crippen LogP contribution in [0.4, 0.5) is 14.6 Å². The number of amides is 2. The van der Waals surface area contributed by atoms with Gasteiger partial charge in [0.1, 0.15) is 11.4 Å². The van der Waals surface area contributed by atoms with Crippen molar-refractivity contribution in [1.82, 2.24) is 19.8 Å². The highest BCUT2D eigenvalue weighted by Crippen LogP contribution is 2.34. The third kappa shape index (κ3) is 7.26. The molecular weight excluding hydrogens is 560 g/mol. The number of pyridine rings is 2. The molecule has 4 rings (SSSR count). The van der Waals surface area contributed by atoms with Gasteiger partial charge in [0, 0.05) is 50.1 Å². The summed E-state index contributed by atoms with van der Waals surface area (Å²) in [7, 11) is 3.15. The molecule has 10 nitrogen and oxygen atoms in total. The quantitative estimate of drug-likeness (QED) is 0.329. The number of carbonyl (C=O) groups excluding carboxylic acids is 2. The standard InChI is InChI=1S/C28H30ClF2N5O5/c1-4-41-24-11-18(20-6-5-19(29)12-21(20)27(39)36-15-28(30,31)16-36)10-23(33-24)34-25(37)22-9-17(13-32-7-8-40-3)14-35(2)26(22)38/h5-6,9-12,14,32H,4,7-8,13,15-16H2,1-3H3,(H,33,34,37). The monoisotopic (exact) mass is 589 g/mol. The Balaban J connectivity index is 1.66. The number of halogens is 3. The summed E-state index contributed by atoms with van der Waals surface area (Å²) in [5.74, 6) is -4.02. The molecule has 0 spiro atoms. The van der Waals surface area contributed by atoms with Gasteiger partial charge in [-0.15, -0.1) is 0 Å². The zero-order valence-electron chi connectivity index (χ0n) is 22.8. The predicted molar refractivity (Wildman–Crippen MR) is 150 cm³/mol. The maximum Gasteiger partial charge on any atom is 0.282 e. The molecule has 218 valence electrons. The Morgan fingerprint density at radius 2 is 1.90 bits per heavy atom. The third-order valence-electron chi connectivity index (χ3n) is 6.29. The van der Waals surface area contributed by atoms with E-state index < -0.39 is 36.4 Å². The number of hydrogen-bond acceptors (Lipinski definition) is 7. The largest absolute Gasteiger partial charge is 0.478 e. The second-order valence-corrected chi connectivity index (χ2v) is 9.96. The van der Waals surface area contributed by atoms with Crippen LogP contribution in [0.3, 0.4) is 0 Å². The molecule has 1 aromatic carbocycles. The maximum atomic E-state index is 13.5. The van der Waals surface area contributed by atoms with Crippen molar-refractivity contribution in [3.63, 3.8) is 0 Å². The molecule has 13 heteroatoms. The summed E-state index contributed by atoms with van der Waals surface area (Å²) in [5.41, 5.74) is 1.04. The van der Waals surface area contributed by atoms with Crippen LogP contribution in [0.15, 0.2) is 47.4 Å². The summed E-state index contributed by atoms with van der Waals surface area (Å²) in [4.78, 5) is 44.5. The van der Waals surface area contributed by atoms with Gasteiger partial charge in [0.2, 0.25) is 5.88 Å². The van der Waals surface area contributed by atoms with E-state index in [1.807, 2.05) is 0 Å². The Bertz CT molecular complexity index is 1510. The summed E-state index contributed by atoms with van der Waals surface area (Å²) in [5, 5.41) is 6.07. The summed E-state index contributed by atoms with van der Waals surface area (Å²) < 4.78 is 38.9. The Morgan fingerprint density at radius 1 is 1.15 bits per heavy atom. The van der Waals surface area contributed by atoms with Crippen LogP contribution in [0.1, 0.15) is 33.2 Å². The van der Waals surface area contributed by atoms with E-state index in [9.17, 15) is 23.2 Å². The Hall–Kier alpha value is -3.87. The molecule has 2 amide bonds. The van der Waals surface area contributed by atoms with E-state index in [1.54, 1.807) is 45.5 Å². The summed E-state index contributed by atoms with van der Waals surface area (Å²) in [6, 6.07) is 9.13. The SMILES string of the molecule is CCOc1cc(-c2ccc(Cl)cc2C(=O)N2CC(F)(F)C2)cc(NC(=O)c2cc(CNCCOC)cn(C)c2=O)n1. The minimum atomic E-state index is -2.93. The number of nitrogens with one attached hydrogen (secondary N) is 2. The fourth-order valence-electron chi connectivity index (χ4n) is 4.35. The van der Waals surface area contributed by atoms with Crippen molar-refractivity contribution in [3.8, 4) is 17.0 Å². The molecule has 0 aliphatic carbocycles. The van der Waals surface area contributed by atoms with Crippen LogP contribution in [-0.2, 0) is 18.3 Å². The number of aryl methyl sites for hydroxylation is 1. The van der Waals surface area contributed by atoms with Gasteiger partial charge in [0.05, 0.1) is 26.3 Å². The van der Waals surface area contributed by atoms with E-state index in [0.717, 1.165) is 4.90 Å². The molecule has 3 heterocycles. The van der Waals surface area contributed by atoms with Gasteiger partial charge < -0.3 is 29.6 Å². The molecule has 1 aliphatic heterocycles. The molecular formula is C28H30ClF2N5O5. The molecule has 2 aromatic heterocycles. The van der Waals surface area contributed by atoms with Crippen molar-refractivity contribution in [1.29, 1.82) is 0 Å². The highest BCUT2D eigenvalue weighted by Gasteiger charge is 2.46. The normalized spacial score (nSPS) is 14.0. The van der Waals surface area contributed by atoms with Gasteiger partial charge in [-0.25, -0.2) is 8.78 Å². The number of rotatable bonds is 11. The number of alkyl halides is 2. The van der Waals surface area contributed by atoms with Gasteiger partial charge in [-0.3, -0.25) is 14.4 Å². The van der Waals surface area contributed by atoms with Crippen molar-refractivity contribution < 1.29 is 27.8 Å². The molecule has 1 aliphatic rings. The van der Waals surface area contributed by atoms with Gasteiger partial charge in [0.25, 0.3) is 23.3 Å². The minimum Gasteiger partial charge on any atom is -0.478 e. The van der Waals surface area contributed by atoms with E-state index in [2.05, 4.69) is 15.6 Å². The number of nitrogens with zero attached hydrogens (tertiary/aromatic N) is 3. The molecule has 0 bridgehead atoms. The zero-order chi connectivity index (χ0) is 29.7. The van der Waals surface area contributed by atoms with E-state index in [1.165, 1.54) is 22.8 Å². The molecule has 0 unspecified atom stereocenters. The summed E-state index contributed by atoms with van der Waals surface area (Å²) >= 11 is 6.15. The molecule has 2 N–H and O–H groups in total. The number of aromatic nitrogens is 2. The van der Waals surface area contributed by atoms with Gasteiger partial charge in [0.15, 0.2) is 0 Å². The molecule has 0 atom stereocenters. The highest BCUT2D eigenvalue weighted by atomic mass is 35.5. The fourth-order valence-corrected chi connectivity index (χ4v) is 4.52. The first-order chi connectivity index (χ1) is 19.5. The number of benzene rings is 1. The minimum absolute atomic E-state index is 0.0606.